The first-order valence-corrected chi connectivity index (χ1v) is 9.42. The van der Waals surface area contributed by atoms with Crippen LogP contribution < -0.4 is 12.4 Å². The van der Waals surface area contributed by atoms with Crippen LogP contribution in [0.1, 0.15) is 18.1 Å². The minimum Gasteiger partial charge on any atom is -1.00 e. The second-order valence-electron chi connectivity index (χ2n) is 5.22. The van der Waals surface area contributed by atoms with Crippen molar-refractivity contribution in [1.29, 1.82) is 0 Å². The van der Waals surface area contributed by atoms with Crippen molar-refractivity contribution in [3.8, 4) is 0 Å². The fraction of sp³-hybridized carbons (Fsp3) is 0.294. The van der Waals surface area contributed by atoms with Gasteiger partial charge in [0.25, 0.3) is 0 Å². The maximum Gasteiger partial charge on any atom is 0.0843 e. The van der Waals surface area contributed by atoms with Crippen molar-refractivity contribution in [2.75, 3.05) is 12.8 Å². The van der Waals surface area contributed by atoms with Gasteiger partial charge < -0.3 is 12.4 Å². The Morgan fingerprint density at radius 3 is 1.42 bits per heavy atom. The normalized spacial score (nSPS) is 10.8. The van der Waals surface area contributed by atoms with Crippen LogP contribution in [0.15, 0.2) is 60.7 Å². The highest BCUT2D eigenvalue weighted by atomic mass is 35.5. The summed E-state index contributed by atoms with van der Waals surface area (Å²) in [7, 11) is -0.894. The Morgan fingerprint density at radius 1 is 0.737 bits per heavy atom. The third-order valence-corrected chi connectivity index (χ3v) is 7.36. The van der Waals surface area contributed by atoms with Crippen LogP contribution in [-0.4, -0.2) is 12.8 Å². The van der Waals surface area contributed by atoms with Crippen LogP contribution in [-0.2, 0) is 12.3 Å². The number of benzene rings is 2. The molecule has 102 valence electrons. The lowest BCUT2D eigenvalue weighted by molar-refractivity contribution is -0.00000393. The zero-order valence-corrected chi connectivity index (χ0v) is 13.4. The molecular weight excluding hydrogens is 271 g/mol. The van der Waals surface area contributed by atoms with Crippen LogP contribution in [0, 0.1) is 0 Å². The quantitative estimate of drug-likeness (QED) is 0.740. The number of rotatable bonds is 5. The van der Waals surface area contributed by atoms with E-state index >= 15 is 0 Å². The summed E-state index contributed by atoms with van der Waals surface area (Å²) in [6, 6.07) is 21.9. The predicted octanol–water partition coefficient (Wildman–Crippen LogP) is 2.06. The van der Waals surface area contributed by atoms with E-state index in [1.807, 2.05) is 0 Å². The molecule has 19 heavy (non-hydrogen) atoms. The average molecular weight is 293 g/mol. The lowest BCUT2D eigenvalue weighted by atomic mass is 10.2. The molecule has 2 aromatic carbocycles. The summed E-state index contributed by atoms with van der Waals surface area (Å²) >= 11 is 0. The summed E-state index contributed by atoms with van der Waals surface area (Å²) in [5.74, 6) is 0. The molecule has 0 saturated carbocycles. The van der Waals surface area contributed by atoms with Crippen LogP contribution in [0.4, 0.5) is 0 Å². The molecule has 0 atom stereocenters. The van der Waals surface area contributed by atoms with Gasteiger partial charge >= 0.3 is 0 Å². The van der Waals surface area contributed by atoms with E-state index in [2.05, 4.69) is 74.3 Å². The van der Waals surface area contributed by atoms with E-state index in [1.54, 1.807) is 0 Å². The topological polar surface area (TPSA) is 0 Å². The highest BCUT2D eigenvalue weighted by Crippen LogP contribution is 2.60. The molecule has 0 radical (unpaired) electrons. The summed E-state index contributed by atoms with van der Waals surface area (Å²) in [4.78, 5) is 0. The Labute approximate surface area is 124 Å². The fourth-order valence-corrected chi connectivity index (χ4v) is 5.07. The minimum atomic E-state index is -0.894. The minimum absolute atomic E-state index is 0. The van der Waals surface area contributed by atoms with E-state index in [1.165, 1.54) is 29.6 Å². The van der Waals surface area contributed by atoms with Crippen molar-refractivity contribution in [3.05, 3.63) is 71.8 Å². The molecule has 0 spiro atoms. The van der Waals surface area contributed by atoms with Gasteiger partial charge in [0.05, 0.1) is 18.5 Å². The molecule has 0 fully saturated rings. The molecule has 0 aliphatic carbocycles. The summed E-state index contributed by atoms with van der Waals surface area (Å²) in [6.45, 7) is 4.85. The molecule has 0 aliphatic rings. The van der Waals surface area contributed by atoms with Gasteiger partial charge in [-0.05, 0) is 18.1 Å². The van der Waals surface area contributed by atoms with Crippen molar-refractivity contribution in [2.45, 2.75) is 19.2 Å². The molecule has 0 nitrogen and oxygen atoms in total. The van der Waals surface area contributed by atoms with Crippen LogP contribution in [0.3, 0.4) is 0 Å². The maximum atomic E-state index is 2.51. The van der Waals surface area contributed by atoms with Gasteiger partial charge in [-0.3, -0.25) is 0 Å². The Hall–Kier alpha value is -0.840. The zero-order valence-electron chi connectivity index (χ0n) is 11.7. The number of hydrogen-bond acceptors (Lipinski definition) is 0. The van der Waals surface area contributed by atoms with E-state index in [9.17, 15) is 0 Å². The van der Waals surface area contributed by atoms with Crippen molar-refractivity contribution in [3.63, 3.8) is 0 Å². The van der Waals surface area contributed by atoms with Crippen LogP contribution in [0.25, 0.3) is 0 Å². The van der Waals surface area contributed by atoms with Gasteiger partial charge in [0.2, 0.25) is 0 Å². The molecule has 0 N–H and O–H groups in total. The summed E-state index contributed by atoms with van der Waals surface area (Å²) in [6.07, 6.45) is 3.84. The van der Waals surface area contributed by atoms with Gasteiger partial charge in [-0.25, -0.2) is 0 Å². The first kappa shape index (κ1) is 16.2. The van der Waals surface area contributed by atoms with E-state index in [-0.39, 0.29) is 12.4 Å². The lowest BCUT2D eigenvalue weighted by Crippen LogP contribution is -3.00. The largest absolute Gasteiger partial charge is 1.00 e. The third kappa shape index (κ3) is 4.97. The SMILES string of the molecule is CC[P+](C)(Cc1ccccc1)Cc1ccccc1.[Cl-]. The van der Waals surface area contributed by atoms with Crippen molar-refractivity contribution in [2.24, 2.45) is 0 Å². The van der Waals surface area contributed by atoms with E-state index < -0.39 is 7.26 Å². The molecule has 0 aromatic heterocycles. The van der Waals surface area contributed by atoms with Gasteiger partial charge in [0, 0.05) is 13.9 Å². The molecule has 0 heterocycles. The highest BCUT2D eigenvalue weighted by Gasteiger charge is 2.29. The summed E-state index contributed by atoms with van der Waals surface area (Å²) in [5.41, 5.74) is 2.98. The Balaban J connectivity index is 0.00000180. The smallest absolute Gasteiger partial charge is 0.0843 e. The van der Waals surface area contributed by atoms with E-state index in [0.29, 0.717) is 0 Å². The van der Waals surface area contributed by atoms with Gasteiger partial charge in [0.15, 0.2) is 0 Å². The van der Waals surface area contributed by atoms with Gasteiger partial charge in [-0.2, -0.15) is 0 Å². The summed E-state index contributed by atoms with van der Waals surface area (Å²) < 4.78 is 0. The zero-order chi connectivity index (χ0) is 12.8. The monoisotopic (exact) mass is 292 g/mol. The highest BCUT2D eigenvalue weighted by molar-refractivity contribution is 7.73. The van der Waals surface area contributed by atoms with Crippen LogP contribution in [0.2, 0.25) is 0 Å². The molecule has 0 bridgehead atoms. The standard InChI is InChI=1S/C17H22P.ClH/c1-3-18(2,14-16-10-6-4-7-11-16)15-17-12-8-5-9-13-17;/h4-13H,3,14-15H2,1-2H3;1H/q+1;/p-1. The Kier molecular flexibility index (Phi) is 6.55. The lowest BCUT2D eigenvalue weighted by Gasteiger charge is -2.22. The van der Waals surface area contributed by atoms with E-state index in [0.717, 1.165) is 0 Å². The first-order chi connectivity index (χ1) is 8.72. The Bertz CT molecular complexity index is 426. The fourth-order valence-electron chi connectivity index (χ4n) is 2.33. The molecule has 2 heteroatoms. The van der Waals surface area contributed by atoms with E-state index in [4.69, 9.17) is 0 Å². The van der Waals surface area contributed by atoms with Gasteiger partial charge in [0.1, 0.15) is 0 Å². The molecule has 0 saturated heterocycles. The predicted molar refractivity (Wildman–Crippen MR) is 83.7 cm³/mol. The molecular formula is C17H22ClP. The van der Waals surface area contributed by atoms with Crippen molar-refractivity contribution < 1.29 is 12.4 Å². The van der Waals surface area contributed by atoms with Gasteiger partial charge in [-0.15, -0.1) is 0 Å². The first-order valence-electron chi connectivity index (χ1n) is 6.63. The third-order valence-electron chi connectivity index (χ3n) is 3.58. The second kappa shape index (κ2) is 7.68. The van der Waals surface area contributed by atoms with Crippen molar-refractivity contribution in [1.82, 2.24) is 0 Å². The maximum absolute atomic E-state index is 2.51. The summed E-state index contributed by atoms with van der Waals surface area (Å²) in [5, 5.41) is 0. The van der Waals surface area contributed by atoms with Gasteiger partial charge in [-0.1, -0.05) is 60.7 Å². The average Bonchev–Trinajstić information content (AvgIpc) is 2.41. The molecule has 0 amide bonds. The molecule has 0 unspecified atom stereocenters. The Morgan fingerprint density at radius 2 is 1.11 bits per heavy atom. The molecule has 0 aliphatic heterocycles. The second-order valence-corrected chi connectivity index (χ2v) is 9.73. The van der Waals surface area contributed by atoms with Crippen LogP contribution in [0.5, 0.6) is 0 Å². The molecule has 2 rings (SSSR count). The molecule has 2 aromatic rings. The van der Waals surface area contributed by atoms with Crippen LogP contribution >= 0.6 is 7.26 Å². The number of halogens is 1. The van der Waals surface area contributed by atoms with Crippen molar-refractivity contribution >= 4 is 7.26 Å². The number of hydrogen-bond donors (Lipinski definition) is 0.